The number of nitrogens with zero attached hydrogens (tertiary/aromatic N) is 2. The highest BCUT2D eigenvalue weighted by molar-refractivity contribution is 5.85. The molecule has 1 N–H and O–H groups in total. The van der Waals surface area contributed by atoms with Gasteiger partial charge in [0.1, 0.15) is 0 Å². The van der Waals surface area contributed by atoms with Crippen molar-refractivity contribution >= 4 is 30.7 Å². The second kappa shape index (κ2) is 10.5. The van der Waals surface area contributed by atoms with Crippen LogP contribution in [0, 0.1) is 0 Å². The van der Waals surface area contributed by atoms with Crippen LogP contribution in [0.4, 0.5) is 0 Å². The van der Waals surface area contributed by atoms with Gasteiger partial charge in [0.25, 0.3) is 0 Å². The maximum Gasteiger partial charge on any atom is 0.220 e. The number of carbonyl (C=O) groups excluding carboxylic acids is 1. The highest BCUT2D eigenvalue weighted by Crippen LogP contribution is 2.31. The fourth-order valence-corrected chi connectivity index (χ4v) is 3.42. The molecule has 1 unspecified atom stereocenters. The topological polar surface area (TPSA) is 35.6 Å². The number of hydrogen-bond donors (Lipinski definition) is 1. The summed E-state index contributed by atoms with van der Waals surface area (Å²) >= 11 is 0. The molecule has 2 aromatic carbocycles. The molecule has 1 amide bonds. The zero-order chi connectivity index (χ0) is 16.9. The van der Waals surface area contributed by atoms with Gasteiger partial charge in [0.15, 0.2) is 0 Å². The van der Waals surface area contributed by atoms with Gasteiger partial charge in [0.05, 0.1) is 12.2 Å². The Morgan fingerprint density at radius 3 is 2.00 bits per heavy atom. The van der Waals surface area contributed by atoms with Gasteiger partial charge in [0.2, 0.25) is 5.91 Å². The van der Waals surface area contributed by atoms with Crippen molar-refractivity contribution in [2.45, 2.75) is 19.1 Å². The fraction of sp³-hybridized carbons (Fsp3) is 0.350. The molecular weight excluding hydrogens is 369 g/mol. The van der Waals surface area contributed by atoms with Crippen LogP contribution < -0.4 is 5.32 Å². The van der Waals surface area contributed by atoms with E-state index >= 15 is 0 Å². The van der Waals surface area contributed by atoms with Gasteiger partial charge >= 0.3 is 0 Å². The summed E-state index contributed by atoms with van der Waals surface area (Å²) in [7, 11) is 1.89. The van der Waals surface area contributed by atoms with E-state index < -0.39 is 0 Å². The summed E-state index contributed by atoms with van der Waals surface area (Å²) in [5, 5.41) is 3.42. The second-order valence-electron chi connectivity index (χ2n) is 6.28. The molecule has 0 bridgehead atoms. The van der Waals surface area contributed by atoms with Gasteiger partial charge < -0.3 is 10.2 Å². The predicted octanol–water partition coefficient (Wildman–Crippen LogP) is 3.33. The van der Waals surface area contributed by atoms with Gasteiger partial charge in [-0.25, -0.2) is 0 Å². The van der Waals surface area contributed by atoms with Crippen molar-refractivity contribution in [3.8, 4) is 0 Å². The molecule has 26 heavy (non-hydrogen) atoms. The smallest absolute Gasteiger partial charge is 0.220 e. The number of benzene rings is 2. The lowest BCUT2D eigenvalue weighted by Crippen LogP contribution is -2.60. The van der Waals surface area contributed by atoms with Gasteiger partial charge in [-0.1, -0.05) is 60.7 Å². The Morgan fingerprint density at radius 1 is 1.04 bits per heavy atom. The van der Waals surface area contributed by atoms with E-state index in [2.05, 4.69) is 58.7 Å². The van der Waals surface area contributed by atoms with E-state index in [-0.39, 0.29) is 42.9 Å². The number of halogens is 2. The molecule has 0 spiro atoms. The molecule has 4 nitrogen and oxygen atoms in total. The zero-order valence-corrected chi connectivity index (χ0v) is 16.8. The van der Waals surface area contributed by atoms with Gasteiger partial charge in [0, 0.05) is 33.6 Å². The molecule has 6 heteroatoms. The van der Waals surface area contributed by atoms with Crippen LogP contribution in [-0.4, -0.2) is 48.6 Å². The molecular formula is C20H27Cl2N3O. The lowest BCUT2D eigenvalue weighted by molar-refractivity contribution is -0.134. The van der Waals surface area contributed by atoms with Crippen molar-refractivity contribution < 1.29 is 4.79 Å². The highest BCUT2D eigenvalue weighted by atomic mass is 35.5. The molecule has 3 rings (SSSR count). The SMILES string of the molecule is CC(=O)N(C)C1CNCCN1C(c1ccccc1)c1ccccc1.Cl.Cl. The van der Waals surface area contributed by atoms with E-state index in [1.165, 1.54) is 11.1 Å². The summed E-state index contributed by atoms with van der Waals surface area (Å²) in [6.45, 7) is 4.24. The van der Waals surface area contributed by atoms with Crippen molar-refractivity contribution in [3.05, 3.63) is 71.8 Å². The molecule has 1 aliphatic heterocycles. The number of piperazine rings is 1. The molecule has 0 aliphatic carbocycles. The normalized spacial score (nSPS) is 17.1. The number of amides is 1. The van der Waals surface area contributed by atoms with E-state index in [0.29, 0.717) is 0 Å². The largest absolute Gasteiger partial charge is 0.329 e. The Balaban J connectivity index is 0.00000169. The quantitative estimate of drug-likeness (QED) is 0.861. The summed E-state index contributed by atoms with van der Waals surface area (Å²) < 4.78 is 0. The fourth-order valence-electron chi connectivity index (χ4n) is 3.42. The van der Waals surface area contributed by atoms with Crippen LogP contribution >= 0.6 is 24.8 Å². The first-order valence-electron chi connectivity index (χ1n) is 8.48. The molecule has 1 fully saturated rings. The number of nitrogens with one attached hydrogen (secondary N) is 1. The second-order valence-corrected chi connectivity index (χ2v) is 6.28. The van der Waals surface area contributed by atoms with Crippen molar-refractivity contribution in [1.29, 1.82) is 0 Å². The van der Waals surface area contributed by atoms with Crippen LogP contribution in [0.3, 0.4) is 0 Å². The molecule has 1 heterocycles. The Morgan fingerprint density at radius 2 is 1.54 bits per heavy atom. The number of likely N-dealkylation sites (N-methyl/N-ethyl adjacent to an activating group) is 1. The Labute approximate surface area is 168 Å². The molecule has 1 aliphatic rings. The first-order valence-corrected chi connectivity index (χ1v) is 8.48. The van der Waals surface area contributed by atoms with Crippen LogP contribution in [0.2, 0.25) is 0 Å². The van der Waals surface area contributed by atoms with Gasteiger partial charge in [-0.05, 0) is 11.1 Å². The first-order chi connectivity index (χ1) is 11.7. The van der Waals surface area contributed by atoms with Crippen LogP contribution in [0.15, 0.2) is 60.7 Å². The number of carbonyl (C=O) groups is 1. The standard InChI is InChI=1S/C20H25N3O.2ClH/c1-16(24)22(2)19-15-21-13-14-23(19)20(17-9-5-3-6-10-17)18-11-7-4-8-12-18;;/h3-12,19-21H,13-15H2,1-2H3;2*1H. The summed E-state index contributed by atoms with van der Waals surface area (Å²) in [6.07, 6.45) is 0.0432. The van der Waals surface area contributed by atoms with Crippen LogP contribution in [0.25, 0.3) is 0 Å². The summed E-state index contributed by atoms with van der Waals surface area (Å²) in [6, 6.07) is 21.2. The van der Waals surface area contributed by atoms with E-state index in [9.17, 15) is 4.79 Å². The predicted molar refractivity (Wildman–Crippen MR) is 111 cm³/mol. The lowest BCUT2D eigenvalue weighted by Gasteiger charge is -2.45. The highest BCUT2D eigenvalue weighted by Gasteiger charge is 2.33. The monoisotopic (exact) mass is 395 g/mol. The maximum atomic E-state index is 12.0. The van der Waals surface area contributed by atoms with Gasteiger partial charge in [-0.15, -0.1) is 24.8 Å². The van der Waals surface area contributed by atoms with Gasteiger partial charge in [-0.2, -0.15) is 0 Å². The van der Waals surface area contributed by atoms with Crippen molar-refractivity contribution in [1.82, 2.24) is 15.1 Å². The van der Waals surface area contributed by atoms with Crippen LogP contribution in [-0.2, 0) is 4.79 Å². The molecule has 2 aromatic rings. The molecule has 1 saturated heterocycles. The third-order valence-corrected chi connectivity index (χ3v) is 4.76. The maximum absolute atomic E-state index is 12.0. The molecule has 0 radical (unpaired) electrons. The van der Waals surface area contributed by atoms with E-state index in [4.69, 9.17) is 0 Å². The zero-order valence-electron chi connectivity index (χ0n) is 15.2. The van der Waals surface area contributed by atoms with Crippen LogP contribution in [0.5, 0.6) is 0 Å². The lowest BCUT2D eigenvalue weighted by atomic mass is 9.95. The number of rotatable bonds is 4. The Bertz CT molecular complexity index is 630. The van der Waals surface area contributed by atoms with Crippen molar-refractivity contribution in [3.63, 3.8) is 0 Å². The van der Waals surface area contributed by atoms with E-state index in [1.54, 1.807) is 6.92 Å². The van der Waals surface area contributed by atoms with E-state index in [0.717, 1.165) is 19.6 Å². The summed E-state index contributed by atoms with van der Waals surface area (Å²) in [5.74, 6) is 0.0913. The third kappa shape index (κ3) is 4.98. The number of hydrogen-bond acceptors (Lipinski definition) is 3. The summed E-state index contributed by atoms with van der Waals surface area (Å²) in [4.78, 5) is 16.2. The molecule has 1 atom stereocenters. The minimum Gasteiger partial charge on any atom is -0.329 e. The summed E-state index contributed by atoms with van der Waals surface area (Å²) in [5.41, 5.74) is 2.51. The first kappa shape index (κ1) is 22.5. The third-order valence-electron chi connectivity index (χ3n) is 4.76. The molecule has 0 aromatic heterocycles. The van der Waals surface area contributed by atoms with E-state index in [1.807, 2.05) is 24.1 Å². The van der Waals surface area contributed by atoms with Gasteiger partial charge in [-0.3, -0.25) is 9.69 Å². The Kier molecular flexibility index (Phi) is 9.09. The molecule has 0 saturated carbocycles. The average molecular weight is 396 g/mol. The minimum absolute atomic E-state index is 0. The minimum atomic E-state index is 0. The van der Waals surface area contributed by atoms with Crippen molar-refractivity contribution in [2.75, 3.05) is 26.7 Å². The van der Waals surface area contributed by atoms with Crippen molar-refractivity contribution in [2.24, 2.45) is 0 Å². The van der Waals surface area contributed by atoms with Crippen LogP contribution in [0.1, 0.15) is 24.1 Å². The average Bonchev–Trinajstić information content (AvgIpc) is 2.63. The molecule has 142 valence electrons. The Hall–Kier alpha value is -1.59.